The Morgan fingerprint density at radius 2 is 1.95 bits per heavy atom. The first-order valence-corrected chi connectivity index (χ1v) is 12.7. The number of benzene rings is 1. The van der Waals surface area contributed by atoms with E-state index in [0.29, 0.717) is 29.9 Å². The Bertz CT molecular complexity index is 1460. The van der Waals surface area contributed by atoms with Crippen LogP contribution in [0.1, 0.15) is 75.1 Å². The minimum absolute atomic E-state index is 0.0889. The van der Waals surface area contributed by atoms with Crippen LogP contribution in [0.25, 0.3) is 17.2 Å². The van der Waals surface area contributed by atoms with Crippen LogP contribution in [0, 0.1) is 17.2 Å². The van der Waals surface area contributed by atoms with Gasteiger partial charge in [-0.15, -0.1) is 0 Å². The summed E-state index contributed by atoms with van der Waals surface area (Å²) in [6.45, 7) is 9.52. The number of rotatable bonds is 4. The summed E-state index contributed by atoms with van der Waals surface area (Å²) in [5, 5.41) is 7.14. The topological polar surface area (TPSA) is 97.3 Å². The number of hydrogen-bond acceptors (Lipinski definition) is 6. The first-order valence-electron chi connectivity index (χ1n) is 12.7. The van der Waals surface area contributed by atoms with Gasteiger partial charge in [-0.3, -0.25) is 14.9 Å². The number of halogens is 1. The van der Waals surface area contributed by atoms with Crippen molar-refractivity contribution in [1.29, 1.82) is 0 Å². The van der Waals surface area contributed by atoms with Crippen LogP contribution in [0.3, 0.4) is 0 Å². The van der Waals surface area contributed by atoms with Crippen molar-refractivity contribution in [2.45, 2.75) is 59.0 Å². The van der Waals surface area contributed by atoms with Gasteiger partial charge in [0.2, 0.25) is 0 Å². The molecule has 1 N–H and O–H groups in total. The molecule has 1 fully saturated rings. The molecule has 0 bridgehead atoms. The Morgan fingerprint density at radius 1 is 1.16 bits per heavy atom. The first kappa shape index (κ1) is 25.7. The fourth-order valence-electron chi connectivity index (χ4n) is 5.23. The van der Waals surface area contributed by atoms with E-state index in [2.05, 4.69) is 29.0 Å². The summed E-state index contributed by atoms with van der Waals surface area (Å²) >= 11 is 0. The van der Waals surface area contributed by atoms with Crippen LogP contribution in [0.4, 0.5) is 10.2 Å². The van der Waals surface area contributed by atoms with Crippen molar-refractivity contribution in [3.8, 4) is 11.1 Å². The number of esters is 1. The second-order valence-corrected chi connectivity index (χ2v) is 11.8. The first-order chi connectivity index (χ1) is 17.9. The third-order valence-electron chi connectivity index (χ3n) is 6.77. The minimum Gasteiger partial charge on any atom is -0.455 e. The number of nitrogens with zero attached hydrogens (tertiary/aromatic N) is 3. The van der Waals surface area contributed by atoms with E-state index in [0.717, 1.165) is 16.8 Å². The van der Waals surface area contributed by atoms with Gasteiger partial charge in [0.05, 0.1) is 11.6 Å². The van der Waals surface area contributed by atoms with Gasteiger partial charge in [0, 0.05) is 35.4 Å². The molecule has 8 heteroatoms. The summed E-state index contributed by atoms with van der Waals surface area (Å²) in [4.78, 5) is 35.8. The minimum atomic E-state index is -0.693. The van der Waals surface area contributed by atoms with Crippen LogP contribution in [-0.2, 0) is 9.53 Å². The van der Waals surface area contributed by atoms with Crippen molar-refractivity contribution in [3.63, 3.8) is 0 Å². The molecule has 1 aliphatic carbocycles. The molecule has 38 heavy (non-hydrogen) atoms. The molecular formula is C30H31FN4O3. The summed E-state index contributed by atoms with van der Waals surface area (Å²) in [6.07, 6.45) is 6.53. The highest BCUT2D eigenvalue weighted by Gasteiger charge is 2.46. The van der Waals surface area contributed by atoms with Gasteiger partial charge in [0.1, 0.15) is 22.9 Å². The second-order valence-electron chi connectivity index (χ2n) is 11.8. The standard InChI is InChI=1S/C30H31FN4O3/c1-29(2,3)38-28(37)26-25-21(24-22(33-27(25)35-34-26)14-30(4,5)15-23(24)36)12-11-20-10-9-18(16-32-20)17-7-6-8-19(31)13-17/h6-13,16,21,24H,14-15H2,1-5H3,(H,34,35). The number of hydrogen-bond donors (Lipinski definition) is 1. The molecule has 1 saturated carbocycles. The van der Waals surface area contributed by atoms with E-state index in [4.69, 9.17) is 9.73 Å². The van der Waals surface area contributed by atoms with Crippen molar-refractivity contribution in [1.82, 2.24) is 15.2 Å². The monoisotopic (exact) mass is 514 g/mol. The number of nitrogens with one attached hydrogen (secondary N) is 1. The smallest absolute Gasteiger partial charge is 0.357 e. The Morgan fingerprint density at radius 3 is 2.63 bits per heavy atom. The molecule has 1 aromatic carbocycles. The number of pyridine rings is 1. The molecule has 196 valence electrons. The number of carbonyl (C=O) groups is 2. The van der Waals surface area contributed by atoms with Crippen molar-refractivity contribution in [3.05, 3.63) is 71.4 Å². The van der Waals surface area contributed by atoms with E-state index in [1.807, 2.05) is 30.4 Å². The molecule has 3 heterocycles. The Labute approximate surface area is 221 Å². The molecule has 0 amide bonds. The Balaban J connectivity index is 1.52. The van der Waals surface area contributed by atoms with Crippen molar-refractivity contribution in [2.75, 3.05) is 0 Å². The van der Waals surface area contributed by atoms with E-state index < -0.39 is 23.4 Å². The fraction of sp³-hybridized carbons (Fsp3) is 0.367. The SMILES string of the molecule is CC1(C)CC(=O)C2C(=Nc3n[nH]c(C(=O)OC(C)(C)C)c3C2C=Cc2ccc(-c3cccc(F)c3)cn2)C1. The highest BCUT2D eigenvalue weighted by molar-refractivity contribution is 6.11. The highest BCUT2D eigenvalue weighted by atomic mass is 19.1. The second kappa shape index (κ2) is 9.42. The molecular weight excluding hydrogens is 483 g/mol. The van der Waals surface area contributed by atoms with E-state index in [1.165, 1.54) is 12.1 Å². The zero-order valence-electron chi connectivity index (χ0n) is 22.2. The number of ether oxygens (including phenoxy) is 1. The predicted octanol–water partition coefficient (Wildman–Crippen LogP) is 6.45. The Kier molecular flexibility index (Phi) is 6.37. The van der Waals surface area contributed by atoms with Crippen LogP contribution in [-0.4, -0.2) is 38.2 Å². The van der Waals surface area contributed by atoms with Gasteiger partial charge in [0.25, 0.3) is 0 Å². The van der Waals surface area contributed by atoms with Crippen LogP contribution >= 0.6 is 0 Å². The molecule has 2 unspecified atom stereocenters. The molecule has 0 spiro atoms. The number of Topliss-reactive ketones (excluding diaryl/α,β-unsaturated/α-hetero) is 1. The van der Waals surface area contributed by atoms with Crippen molar-refractivity contribution in [2.24, 2.45) is 16.3 Å². The van der Waals surface area contributed by atoms with Crippen LogP contribution in [0.5, 0.6) is 0 Å². The lowest BCUT2D eigenvalue weighted by atomic mass is 9.65. The van der Waals surface area contributed by atoms with Gasteiger partial charge in [-0.1, -0.05) is 38.1 Å². The molecule has 0 radical (unpaired) electrons. The van der Waals surface area contributed by atoms with E-state index in [1.54, 1.807) is 33.0 Å². The van der Waals surface area contributed by atoms with Gasteiger partial charge in [-0.2, -0.15) is 5.10 Å². The number of H-pyrrole nitrogens is 1. The number of aromatic nitrogens is 3. The third-order valence-corrected chi connectivity index (χ3v) is 6.77. The summed E-state index contributed by atoms with van der Waals surface area (Å²) in [5.74, 6) is -1.29. The molecule has 5 rings (SSSR count). The number of carbonyl (C=O) groups excluding carboxylic acids is 2. The molecule has 7 nitrogen and oxygen atoms in total. The van der Waals surface area contributed by atoms with Gasteiger partial charge < -0.3 is 4.74 Å². The van der Waals surface area contributed by atoms with E-state index >= 15 is 0 Å². The van der Waals surface area contributed by atoms with Gasteiger partial charge in [-0.25, -0.2) is 14.2 Å². The van der Waals surface area contributed by atoms with Gasteiger partial charge in [0.15, 0.2) is 5.82 Å². The average Bonchev–Trinajstić information content (AvgIpc) is 3.24. The van der Waals surface area contributed by atoms with E-state index in [-0.39, 0.29) is 22.7 Å². The lowest BCUT2D eigenvalue weighted by Crippen LogP contribution is -2.42. The van der Waals surface area contributed by atoms with Crippen molar-refractivity contribution < 1.29 is 18.7 Å². The Hall–Kier alpha value is -3.94. The summed E-state index contributed by atoms with van der Waals surface area (Å²) < 4.78 is 19.3. The van der Waals surface area contributed by atoms with Gasteiger partial charge >= 0.3 is 5.97 Å². The zero-order valence-corrected chi connectivity index (χ0v) is 22.2. The molecule has 0 saturated heterocycles. The maximum Gasteiger partial charge on any atom is 0.357 e. The lowest BCUT2D eigenvalue weighted by molar-refractivity contribution is -0.124. The molecule has 2 atom stereocenters. The number of aliphatic imine (C=N–C) groups is 1. The van der Waals surface area contributed by atoms with Crippen molar-refractivity contribution >= 4 is 29.4 Å². The van der Waals surface area contributed by atoms with Gasteiger partial charge in [-0.05, 0) is 62.4 Å². The number of fused-ring (bicyclic) bond motifs is 2. The predicted molar refractivity (Wildman–Crippen MR) is 144 cm³/mol. The maximum atomic E-state index is 13.6. The molecule has 3 aromatic rings. The van der Waals surface area contributed by atoms with Crippen LogP contribution in [0.15, 0.2) is 53.7 Å². The number of aromatic amines is 1. The highest BCUT2D eigenvalue weighted by Crippen LogP contribution is 2.47. The molecule has 1 aliphatic heterocycles. The quantitative estimate of drug-likeness (QED) is 0.403. The summed E-state index contributed by atoms with van der Waals surface area (Å²) in [6, 6.07) is 10.1. The largest absolute Gasteiger partial charge is 0.455 e. The number of ketones is 1. The number of allylic oxidation sites excluding steroid dienone is 1. The van der Waals surface area contributed by atoms with Crippen LogP contribution < -0.4 is 0 Å². The third kappa shape index (κ3) is 5.21. The normalized spacial score (nSPS) is 20.6. The average molecular weight is 515 g/mol. The summed E-state index contributed by atoms with van der Waals surface area (Å²) in [5.41, 5.74) is 2.86. The zero-order chi connectivity index (χ0) is 27.2. The fourth-order valence-corrected chi connectivity index (χ4v) is 5.23. The van der Waals surface area contributed by atoms with Crippen LogP contribution in [0.2, 0.25) is 0 Å². The maximum absolute atomic E-state index is 13.6. The lowest BCUT2D eigenvalue weighted by Gasteiger charge is -2.39. The molecule has 2 aromatic heterocycles. The van der Waals surface area contributed by atoms with E-state index in [9.17, 15) is 14.0 Å². The molecule has 2 aliphatic rings. The summed E-state index contributed by atoms with van der Waals surface area (Å²) in [7, 11) is 0.